The highest BCUT2D eigenvalue weighted by Crippen LogP contribution is 2.27. The van der Waals surface area contributed by atoms with E-state index in [4.69, 9.17) is 0 Å². The highest BCUT2D eigenvalue weighted by molar-refractivity contribution is 7.90. The van der Waals surface area contributed by atoms with Crippen LogP contribution in [0.15, 0.2) is 18.2 Å². The van der Waals surface area contributed by atoms with Crippen molar-refractivity contribution in [2.24, 2.45) is 0 Å². The van der Waals surface area contributed by atoms with Crippen molar-refractivity contribution in [2.45, 2.75) is 38.6 Å². The Morgan fingerprint density at radius 3 is 3.00 bits per heavy atom. The second kappa shape index (κ2) is 5.26. The number of benzene rings is 1. The molecule has 0 aromatic heterocycles. The minimum absolute atomic E-state index is 0.0809. The van der Waals surface area contributed by atoms with Crippen molar-refractivity contribution in [1.29, 1.82) is 0 Å². The lowest BCUT2D eigenvalue weighted by atomic mass is 10.1. The van der Waals surface area contributed by atoms with Gasteiger partial charge >= 0.3 is 10.2 Å². The van der Waals surface area contributed by atoms with Crippen molar-refractivity contribution >= 4 is 21.6 Å². The first-order valence-electron chi connectivity index (χ1n) is 7.23. The van der Waals surface area contributed by atoms with Crippen molar-refractivity contribution in [3.05, 3.63) is 23.8 Å². The van der Waals surface area contributed by atoms with E-state index in [1.165, 1.54) is 5.56 Å². The van der Waals surface area contributed by atoms with Crippen LogP contribution in [0.2, 0.25) is 0 Å². The molecule has 1 aromatic carbocycles. The van der Waals surface area contributed by atoms with Gasteiger partial charge in [-0.2, -0.15) is 12.7 Å². The average molecular weight is 295 g/mol. The monoisotopic (exact) mass is 295 g/mol. The topological polar surface area (TPSA) is 61.4 Å². The Labute approximate surface area is 120 Å². The summed E-state index contributed by atoms with van der Waals surface area (Å²) >= 11 is 0. The maximum absolute atomic E-state index is 12.5. The number of fused-ring (bicyclic) bond motifs is 1. The van der Waals surface area contributed by atoms with Crippen molar-refractivity contribution in [3.63, 3.8) is 0 Å². The minimum Gasteiger partial charge on any atom is -0.384 e. The lowest BCUT2D eigenvalue weighted by Crippen LogP contribution is -2.44. The van der Waals surface area contributed by atoms with Gasteiger partial charge in [-0.15, -0.1) is 0 Å². The molecule has 1 fully saturated rings. The molecule has 0 radical (unpaired) electrons. The third-order valence-electron chi connectivity index (χ3n) is 4.11. The van der Waals surface area contributed by atoms with Gasteiger partial charge in [0, 0.05) is 24.8 Å². The van der Waals surface area contributed by atoms with Crippen LogP contribution in [-0.2, 0) is 16.6 Å². The minimum atomic E-state index is -3.44. The van der Waals surface area contributed by atoms with Crippen LogP contribution < -0.4 is 10.0 Å². The molecule has 1 unspecified atom stereocenters. The van der Waals surface area contributed by atoms with Gasteiger partial charge in [0.2, 0.25) is 0 Å². The summed E-state index contributed by atoms with van der Waals surface area (Å²) in [7, 11) is -3.44. The molecular formula is C14H21N3O2S. The zero-order chi connectivity index (χ0) is 14.2. The molecule has 20 heavy (non-hydrogen) atoms. The van der Waals surface area contributed by atoms with Gasteiger partial charge in [0.25, 0.3) is 0 Å². The number of anilines is 2. The standard InChI is InChI=1S/C14H21N3O2S/c1-11-4-2-3-9-17(11)20(18,19)16-13-5-6-14-12(10-13)7-8-15-14/h5-6,10-11,15-16H,2-4,7-9H2,1H3. The Hall–Kier alpha value is -1.27. The molecule has 0 amide bonds. The summed E-state index contributed by atoms with van der Waals surface area (Å²) in [6.07, 6.45) is 3.94. The van der Waals surface area contributed by atoms with Gasteiger partial charge in [-0.05, 0) is 49.9 Å². The Kier molecular flexibility index (Phi) is 3.60. The summed E-state index contributed by atoms with van der Waals surface area (Å²) in [5.74, 6) is 0. The van der Waals surface area contributed by atoms with Crippen LogP contribution in [0.25, 0.3) is 0 Å². The molecule has 110 valence electrons. The Balaban J connectivity index is 1.79. The number of nitrogens with zero attached hydrogens (tertiary/aromatic N) is 1. The van der Waals surface area contributed by atoms with Crippen LogP contribution in [-0.4, -0.2) is 31.9 Å². The third kappa shape index (κ3) is 2.62. The van der Waals surface area contributed by atoms with Gasteiger partial charge < -0.3 is 5.32 Å². The van der Waals surface area contributed by atoms with Crippen LogP contribution in [0.4, 0.5) is 11.4 Å². The molecule has 0 spiro atoms. The Bertz CT molecular complexity index is 600. The zero-order valence-corrected chi connectivity index (χ0v) is 12.5. The van der Waals surface area contributed by atoms with E-state index in [0.29, 0.717) is 12.2 Å². The molecule has 0 bridgehead atoms. The van der Waals surface area contributed by atoms with Crippen LogP contribution in [0.1, 0.15) is 31.7 Å². The summed E-state index contributed by atoms with van der Waals surface area (Å²) in [5.41, 5.74) is 2.95. The summed E-state index contributed by atoms with van der Waals surface area (Å²) in [6.45, 7) is 3.52. The highest BCUT2D eigenvalue weighted by atomic mass is 32.2. The van der Waals surface area contributed by atoms with Crippen molar-refractivity contribution < 1.29 is 8.42 Å². The molecule has 2 heterocycles. The predicted octanol–water partition coefficient (Wildman–Crippen LogP) is 2.19. The van der Waals surface area contributed by atoms with Gasteiger partial charge in [-0.3, -0.25) is 4.72 Å². The molecule has 2 aliphatic heterocycles. The fourth-order valence-electron chi connectivity index (χ4n) is 3.00. The number of nitrogens with one attached hydrogen (secondary N) is 2. The summed E-state index contributed by atoms with van der Waals surface area (Å²) < 4.78 is 29.2. The molecular weight excluding hydrogens is 274 g/mol. The lowest BCUT2D eigenvalue weighted by Gasteiger charge is -2.32. The highest BCUT2D eigenvalue weighted by Gasteiger charge is 2.29. The fraction of sp³-hybridized carbons (Fsp3) is 0.571. The second-order valence-corrected chi connectivity index (χ2v) is 7.23. The normalized spacial score (nSPS) is 23.1. The molecule has 5 nitrogen and oxygen atoms in total. The predicted molar refractivity (Wildman–Crippen MR) is 81.2 cm³/mol. The van der Waals surface area contributed by atoms with Crippen molar-refractivity contribution in [1.82, 2.24) is 4.31 Å². The lowest BCUT2D eigenvalue weighted by molar-refractivity contribution is 0.270. The zero-order valence-electron chi connectivity index (χ0n) is 11.7. The van der Waals surface area contributed by atoms with Gasteiger partial charge in [-0.25, -0.2) is 0 Å². The van der Waals surface area contributed by atoms with E-state index in [-0.39, 0.29) is 6.04 Å². The van der Waals surface area contributed by atoms with Gasteiger partial charge in [0.05, 0.1) is 5.69 Å². The van der Waals surface area contributed by atoms with Gasteiger partial charge in [0.1, 0.15) is 0 Å². The first-order chi connectivity index (χ1) is 9.56. The molecule has 6 heteroatoms. The number of hydrogen-bond acceptors (Lipinski definition) is 3. The van der Waals surface area contributed by atoms with E-state index in [2.05, 4.69) is 10.0 Å². The van der Waals surface area contributed by atoms with Crippen LogP contribution >= 0.6 is 0 Å². The van der Waals surface area contributed by atoms with E-state index in [1.54, 1.807) is 4.31 Å². The Morgan fingerprint density at radius 2 is 2.20 bits per heavy atom. The quantitative estimate of drug-likeness (QED) is 0.898. The SMILES string of the molecule is CC1CCCCN1S(=O)(=O)Nc1ccc2c(c1)CCN2. The van der Waals surface area contributed by atoms with Gasteiger partial charge in [-0.1, -0.05) is 6.42 Å². The number of hydrogen-bond donors (Lipinski definition) is 2. The molecule has 3 rings (SSSR count). The van der Waals surface area contributed by atoms with E-state index in [9.17, 15) is 8.42 Å². The molecule has 0 saturated carbocycles. The molecule has 1 aromatic rings. The smallest absolute Gasteiger partial charge is 0.301 e. The number of rotatable bonds is 3. The van der Waals surface area contributed by atoms with Crippen molar-refractivity contribution in [3.8, 4) is 0 Å². The average Bonchev–Trinajstić information content (AvgIpc) is 2.86. The maximum Gasteiger partial charge on any atom is 0.301 e. The van der Waals surface area contributed by atoms with Crippen LogP contribution in [0, 0.1) is 0 Å². The second-order valence-electron chi connectivity index (χ2n) is 5.61. The summed E-state index contributed by atoms with van der Waals surface area (Å²) in [4.78, 5) is 0. The van der Waals surface area contributed by atoms with Gasteiger partial charge in [0.15, 0.2) is 0 Å². The molecule has 2 N–H and O–H groups in total. The number of piperidine rings is 1. The molecule has 2 aliphatic rings. The fourth-order valence-corrected chi connectivity index (χ4v) is 4.50. The molecule has 1 atom stereocenters. The first kappa shape index (κ1) is 13.7. The first-order valence-corrected chi connectivity index (χ1v) is 8.67. The largest absolute Gasteiger partial charge is 0.384 e. The molecule has 0 aliphatic carbocycles. The van der Waals surface area contributed by atoms with Crippen LogP contribution in [0.5, 0.6) is 0 Å². The van der Waals surface area contributed by atoms with E-state index < -0.39 is 10.2 Å². The maximum atomic E-state index is 12.5. The summed E-state index contributed by atoms with van der Waals surface area (Å²) in [5, 5.41) is 3.27. The van der Waals surface area contributed by atoms with E-state index in [1.807, 2.05) is 25.1 Å². The molecule has 1 saturated heterocycles. The summed E-state index contributed by atoms with van der Waals surface area (Å²) in [6, 6.07) is 5.78. The van der Waals surface area contributed by atoms with E-state index >= 15 is 0 Å². The third-order valence-corrected chi connectivity index (χ3v) is 5.77. The Morgan fingerprint density at radius 1 is 1.35 bits per heavy atom. The van der Waals surface area contributed by atoms with E-state index in [0.717, 1.165) is 37.9 Å². The van der Waals surface area contributed by atoms with Crippen LogP contribution in [0.3, 0.4) is 0 Å². The van der Waals surface area contributed by atoms with Crippen molar-refractivity contribution in [2.75, 3.05) is 23.1 Å².